The van der Waals surface area contributed by atoms with Crippen LogP contribution in [0.5, 0.6) is 0 Å². The molecule has 0 bridgehead atoms. The van der Waals surface area contributed by atoms with Crippen molar-refractivity contribution in [1.82, 2.24) is 0 Å². The van der Waals surface area contributed by atoms with Gasteiger partial charge < -0.3 is 18.2 Å². The van der Waals surface area contributed by atoms with E-state index in [4.69, 9.17) is 13.3 Å². The minimum absolute atomic E-state index is 0.129. The molecule has 0 aliphatic heterocycles. The zero-order chi connectivity index (χ0) is 87.9. The fraction of sp³-hybridized carbons (Fsp3) is 0.516. The first-order valence-electron chi connectivity index (χ1n) is 53.5. The van der Waals surface area contributed by atoms with Crippen LogP contribution in [0.25, 0.3) is 110 Å². The highest BCUT2D eigenvalue weighted by atomic mass is 16.3. The van der Waals surface area contributed by atoms with Crippen molar-refractivity contribution in [3.8, 4) is 44.5 Å². The Kier molecular flexibility index (Phi) is 30.5. The summed E-state index contributed by atoms with van der Waals surface area (Å²) in [4.78, 5) is 2.75. The first kappa shape index (κ1) is 91.3. The van der Waals surface area contributed by atoms with Gasteiger partial charge in [0.2, 0.25) is 0 Å². The number of rotatable bonds is 55. The Balaban J connectivity index is 0.924. The molecule has 0 unspecified atom stereocenters. The first-order valence-corrected chi connectivity index (χ1v) is 53.5. The number of anilines is 3. The van der Waals surface area contributed by atoms with E-state index >= 15 is 0 Å². The van der Waals surface area contributed by atoms with E-state index in [0.29, 0.717) is 0 Å². The summed E-state index contributed by atoms with van der Waals surface area (Å²) in [5.74, 6) is 0. The van der Waals surface area contributed by atoms with Gasteiger partial charge in [-0.3, -0.25) is 0 Å². The van der Waals surface area contributed by atoms with Crippen molar-refractivity contribution >= 4 is 82.9 Å². The smallest absolute Gasteiger partial charge is 0.144 e. The topological polar surface area (TPSA) is 42.7 Å². The lowest BCUT2D eigenvalue weighted by atomic mass is 9.62. The van der Waals surface area contributed by atoms with Crippen LogP contribution < -0.4 is 4.90 Å². The van der Waals surface area contributed by atoms with Crippen molar-refractivity contribution < 1.29 is 13.3 Å². The molecule has 3 heterocycles. The summed E-state index contributed by atoms with van der Waals surface area (Å²) >= 11 is 0. The van der Waals surface area contributed by atoms with Gasteiger partial charge >= 0.3 is 0 Å². The molecule has 4 aliphatic rings. The summed E-state index contributed by atoms with van der Waals surface area (Å²) in [5, 5.41) is 7.55. The molecule has 3 aromatic heterocycles. The average molecular weight is 1710 g/mol. The summed E-state index contributed by atoms with van der Waals surface area (Å²) in [6.07, 6.45) is 65.1. The molecule has 0 amide bonds. The molecule has 0 atom stereocenters. The molecular weight excluding hydrogens is 1550 g/mol. The van der Waals surface area contributed by atoms with Crippen molar-refractivity contribution in [3.63, 3.8) is 0 Å². The van der Waals surface area contributed by atoms with Gasteiger partial charge in [0, 0.05) is 82.7 Å². The Bertz CT molecular complexity index is 5800. The Morgan fingerprint density at radius 2 is 0.539 bits per heavy atom. The predicted octanol–water partition coefficient (Wildman–Crippen LogP) is 40.4. The maximum absolute atomic E-state index is 7.82. The van der Waals surface area contributed by atoms with Crippen LogP contribution in [-0.2, 0) is 21.7 Å². The predicted molar refractivity (Wildman–Crippen MR) is 553 cm³/mol. The molecule has 4 aliphatic carbocycles. The molecule has 0 saturated carbocycles. The normalized spacial score (nSPS) is 14.6. The third-order valence-corrected chi connectivity index (χ3v) is 32.4. The van der Waals surface area contributed by atoms with Crippen LogP contribution in [0.15, 0.2) is 189 Å². The number of para-hydroxylation sites is 3. The van der Waals surface area contributed by atoms with E-state index in [0.717, 1.165) is 64.9 Å². The summed E-state index contributed by atoms with van der Waals surface area (Å²) < 4.78 is 22.0. The number of benzene rings is 10. The fourth-order valence-corrected chi connectivity index (χ4v) is 25.9. The fourth-order valence-electron chi connectivity index (χ4n) is 25.9. The Hall–Kier alpha value is -8.60. The minimum Gasteiger partial charge on any atom is -0.456 e. The molecule has 0 fully saturated rings. The van der Waals surface area contributed by atoms with Crippen LogP contribution in [0.3, 0.4) is 0 Å². The van der Waals surface area contributed by atoms with Gasteiger partial charge in [0.05, 0.1) is 0 Å². The van der Waals surface area contributed by atoms with Crippen LogP contribution >= 0.6 is 0 Å². The van der Waals surface area contributed by atoms with E-state index in [1.54, 1.807) is 38.9 Å². The lowest BCUT2D eigenvalue weighted by molar-refractivity contribution is 0.369. The standard InChI is InChI=1S/C124H157NO3/c1-9-17-25-33-41-53-77-121(78-54-42-34-26-18-10-2)103-75-76-111-114(98-63-47-51-67-109(98)126-111)113(103)101-89-106-100(88-107(101)121)93-72-69-90(85-104(93)122(106,79-55-43-35-27-19-11-3)80-56-44-36-28-20-12-4)125(92-70-73-95-94-61-46-50-66-108(94)127-112(95)87-92)91-71-74-97-105(86-91)124(83-59-39-31-23-15-7,84-60-40-32-24-16-8)119-117(97)120-116(99-64-48-52-68-110(99)128-120)115-96-62-45-49-65-102(96)123(118(115)119,81-57-37-29-21-13-5)82-58-38-30-22-14-6/h45-52,61-76,85-89H,9-44,53-60,77-84H2,1-8H3. The second-order valence-corrected chi connectivity index (χ2v) is 40.9. The zero-order valence-corrected chi connectivity index (χ0v) is 80.7. The number of nitrogens with zero attached hydrogens (tertiary/aromatic N) is 1. The van der Waals surface area contributed by atoms with Gasteiger partial charge in [-0.25, -0.2) is 0 Å². The lowest BCUT2D eigenvalue weighted by Crippen LogP contribution is -2.33. The molecule has 0 radical (unpaired) electrons. The quantitative estimate of drug-likeness (QED) is 0.0356. The number of hydrogen-bond acceptors (Lipinski definition) is 4. The molecule has 4 heteroatoms. The van der Waals surface area contributed by atoms with Crippen LogP contribution in [0.2, 0.25) is 0 Å². The van der Waals surface area contributed by atoms with E-state index in [9.17, 15) is 0 Å². The van der Waals surface area contributed by atoms with Gasteiger partial charge in [-0.2, -0.15) is 0 Å². The van der Waals surface area contributed by atoms with Gasteiger partial charge in [-0.1, -0.05) is 435 Å². The maximum atomic E-state index is 7.82. The highest BCUT2D eigenvalue weighted by Crippen LogP contribution is 2.69. The lowest BCUT2D eigenvalue weighted by Gasteiger charge is -2.40. The van der Waals surface area contributed by atoms with Gasteiger partial charge in [0.1, 0.15) is 33.5 Å². The molecule has 0 N–H and O–H groups in total. The SMILES string of the molecule is CCCCCCCCC1(CCCCCCCC)c2cc(N(c3ccc4c(c3)C(CCCCCCC)(CCCCCCC)c3c5c(c6c(oc7ccccc76)c3-4)-c3ccccc3C5(CCCCCCC)CCCCCCC)c3ccc4c(c3)oc3ccccc34)ccc2-c2cc3c(cc21)-c1c(ccc2oc4ccccc4c12)C3(CCCCCCCC)CCCCCCCC. The molecule has 10 aromatic carbocycles. The first-order chi connectivity index (χ1) is 63.2. The molecule has 17 rings (SSSR count). The minimum atomic E-state index is -0.307. The van der Waals surface area contributed by atoms with E-state index in [-0.39, 0.29) is 21.7 Å². The van der Waals surface area contributed by atoms with Crippen LogP contribution in [0.1, 0.15) is 434 Å². The summed E-state index contributed by atoms with van der Waals surface area (Å²) in [5.41, 5.74) is 33.3. The van der Waals surface area contributed by atoms with Gasteiger partial charge in [0.25, 0.3) is 0 Å². The largest absolute Gasteiger partial charge is 0.456 e. The Labute approximate surface area is 771 Å². The van der Waals surface area contributed by atoms with Gasteiger partial charge in [0.15, 0.2) is 0 Å². The average Bonchev–Trinajstić information content (AvgIpc) is 1.49. The molecule has 13 aromatic rings. The third kappa shape index (κ3) is 17.7. The summed E-state index contributed by atoms with van der Waals surface area (Å²) in [6, 6.07) is 71.3. The van der Waals surface area contributed by atoms with Crippen LogP contribution in [0, 0.1) is 0 Å². The maximum Gasteiger partial charge on any atom is 0.144 e. The number of furan rings is 3. The van der Waals surface area contributed by atoms with Crippen molar-refractivity contribution in [2.45, 2.75) is 411 Å². The van der Waals surface area contributed by atoms with Crippen molar-refractivity contribution in [2.75, 3.05) is 4.90 Å². The van der Waals surface area contributed by atoms with Gasteiger partial charge in [-0.05, 0) is 208 Å². The second kappa shape index (κ2) is 42.7. The number of unbranched alkanes of at least 4 members (excludes halogenated alkanes) is 36. The molecule has 676 valence electrons. The Morgan fingerprint density at radius 1 is 0.203 bits per heavy atom. The highest BCUT2D eigenvalue weighted by molar-refractivity contribution is 6.21. The number of fused-ring (bicyclic) bond motifs is 25. The third-order valence-electron chi connectivity index (χ3n) is 32.4. The molecular formula is C124H157NO3. The molecule has 0 spiro atoms. The second-order valence-electron chi connectivity index (χ2n) is 40.9. The van der Waals surface area contributed by atoms with Crippen molar-refractivity contribution in [3.05, 3.63) is 220 Å². The van der Waals surface area contributed by atoms with Crippen LogP contribution in [-0.4, -0.2) is 0 Å². The molecule has 128 heavy (non-hydrogen) atoms. The van der Waals surface area contributed by atoms with E-state index in [2.05, 4.69) is 236 Å². The van der Waals surface area contributed by atoms with Crippen LogP contribution in [0.4, 0.5) is 17.1 Å². The summed E-state index contributed by atoms with van der Waals surface area (Å²) in [6.45, 7) is 19.1. The number of hydrogen-bond donors (Lipinski definition) is 0. The highest BCUT2D eigenvalue weighted by Gasteiger charge is 2.55. The molecule has 4 nitrogen and oxygen atoms in total. The monoisotopic (exact) mass is 1710 g/mol. The van der Waals surface area contributed by atoms with Crippen molar-refractivity contribution in [1.29, 1.82) is 0 Å². The molecule has 0 saturated heterocycles. The van der Waals surface area contributed by atoms with E-state index in [1.807, 2.05) is 0 Å². The summed E-state index contributed by atoms with van der Waals surface area (Å²) in [7, 11) is 0. The Morgan fingerprint density at radius 3 is 1.05 bits per heavy atom. The zero-order valence-electron chi connectivity index (χ0n) is 80.7. The van der Waals surface area contributed by atoms with Crippen molar-refractivity contribution in [2.24, 2.45) is 0 Å². The van der Waals surface area contributed by atoms with Gasteiger partial charge in [-0.15, -0.1) is 0 Å². The van der Waals surface area contributed by atoms with E-state index < -0.39 is 0 Å². The van der Waals surface area contributed by atoms with E-state index in [1.165, 1.54) is 402 Å².